The number of piperidine rings is 1. The van der Waals surface area contributed by atoms with E-state index in [0.29, 0.717) is 0 Å². The van der Waals surface area contributed by atoms with Crippen molar-refractivity contribution >= 4 is 0 Å². The first kappa shape index (κ1) is 20.7. The van der Waals surface area contributed by atoms with Crippen molar-refractivity contribution in [1.82, 2.24) is 0 Å². The molecule has 0 aromatic rings. The van der Waals surface area contributed by atoms with Crippen LogP contribution in [0.3, 0.4) is 0 Å². The van der Waals surface area contributed by atoms with Crippen LogP contribution in [0.25, 0.3) is 0 Å². The van der Waals surface area contributed by atoms with Crippen LogP contribution in [-0.2, 0) is 0 Å². The Balaban J connectivity index is 0.00000361. The molecule has 0 N–H and O–H groups in total. The van der Waals surface area contributed by atoms with E-state index in [1.54, 1.807) is 0 Å². The van der Waals surface area contributed by atoms with Gasteiger partial charge in [0, 0.05) is 5.92 Å². The molecule has 0 aromatic heterocycles. The summed E-state index contributed by atoms with van der Waals surface area (Å²) in [5.41, 5.74) is 0. The molecule has 1 unspecified atom stereocenters. The van der Waals surface area contributed by atoms with Crippen LogP contribution in [0, 0.1) is 11.8 Å². The van der Waals surface area contributed by atoms with Crippen LogP contribution in [0.5, 0.6) is 0 Å². The Morgan fingerprint density at radius 1 is 0.900 bits per heavy atom. The van der Waals surface area contributed by atoms with Gasteiger partial charge >= 0.3 is 0 Å². The van der Waals surface area contributed by atoms with Gasteiger partial charge in [0.05, 0.1) is 26.2 Å². The Labute approximate surface area is 145 Å². The maximum Gasteiger partial charge on any atom is 0.0812 e. The van der Waals surface area contributed by atoms with Gasteiger partial charge in [0.25, 0.3) is 0 Å². The Morgan fingerprint density at radius 3 is 2.05 bits per heavy atom. The van der Waals surface area contributed by atoms with Gasteiger partial charge in [0.2, 0.25) is 0 Å². The van der Waals surface area contributed by atoms with E-state index in [2.05, 4.69) is 27.7 Å². The van der Waals surface area contributed by atoms with Crippen molar-refractivity contribution in [3.05, 3.63) is 0 Å². The highest BCUT2D eigenvalue weighted by atomic mass is 127. The summed E-state index contributed by atoms with van der Waals surface area (Å²) in [7, 11) is 0. The summed E-state index contributed by atoms with van der Waals surface area (Å²) in [4.78, 5) is 0. The monoisotopic (exact) mass is 395 g/mol. The topological polar surface area (TPSA) is 0 Å². The molecule has 0 spiro atoms. The molecule has 1 nitrogen and oxygen atoms in total. The van der Waals surface area contributed by atoms with Gasteiger partial charge in [-0.15, -0.1) is 0 Å². The van der Waals surface area contributed by atoms with E-state index < -0.39 is 0 Å². The Kier molecular flexibility index (Phi) is 11.7. The van der Waals surface area contributed by atoms with Gasteiger partial charge in [-0.2, -0.15) is 0 Å². The van der Waals surface area contributed by atoms with Crippen molar-refractivity contribution in [2.75, 3.05) is 26.2 Å². The van der Waals surface area contributed by atoms with Gasteiger partial charge in [-0.3, -0.25) is 0 Å². The Bertz CT molecular complexity index is 216. The quantitative estimate of drug-likeness (QED) is 0.319. The van der Waals surface area contributed by atoms with E-state index >= 15 is 0 Å². The lowest BCUT2D eigenvalue weighted by atomic mass is 9.97. The summed E-state index contributed by atoms with van der Waals surface area (Å²) >= 11 is 0. The minimum absolute atomic E-state index is 0. The number of nitrogens with zero attached hydrogens (tertiary/aromatic N) is 1. The summed E-state index contributed by atoms with van der Waals surface area (Å²) in [6, 6.07) is 0. The number of halogens is 1. The molecule has 0 aromatic carbocycles. The van der Waals surface area contributed by atoms with Crippen LogP contribution >= 0.6 is 0 Å². The second kappa shape index (κ2) is 11.3. The molecule has 122 valence electrons. The molecule has 1 fully saturated rings. The molecule has 0 aliphatic carbocycles. The Hall–Kier alpha value is 0.690. The molecule has 0 radical (unpaired) electrons. The predicted molar refractivity (Wildman–Crippen MR) is 86.3 cm³/mol. The van der Waals surface area contributed by atoms with Crippen LogP contribution in [0.15, 0.2) is 0 Å². The summed E-state index contributed by atoms with van der Waals surface area (Å²) in [5, 5.41) is 0. The fraction of sp³-hybridized carbons (Fsp3) is 1.00. The first-order chi connectivity index (χ1) is 9.08. The SMILES string of the molecule is CCC[N+]1(CC(C)CCCCC(C)C)CCCCC1.[I-]. The van der Waals surface area contributed by atoms with E-state index in [1.165, 1.54) is 82.0 Å². The highest BCUT2D eigenvalue weighted by Crippen LogP contribution is 2.24. The Morgan fingerprint density at radius 2 is 1.50 bits per heavy atom. The van der Waals surface area contributed by atoms with Gasteiger partial charge in [-0.25, -0.2) is 0 Å². The number of rotatable bonds is 9. The van der Waals surface area contributed by atoms with Gasteiger partial charge in [0.1, 0.15) is 0 Å². The van der Waals surface area contributed by atoms with Gasteiger partial charge in [-0.1, -0.05) is 47.0 Å². The predicted octanol–water partition coefficient (Wildman–Crippen LogP) is 2.25. The standard InChI is InChI=1S/C18H38N.HI/c1-5-13-19(14-9-6-10-15-19)16-18(4)12-8-7-11-17(2)3;/h17-18H,5-16H2,1-4H3;1H/q+1;/p-1. The first-order valence-corrected chi connectivity index (χ1v) is 8.93. The maximum absolute atomic E-state index is 2.50. The zero-order chi connectivity index (χ0) is 14.1. The van der Waals surface area contributed by atoms with Crippen LogP contribution in [0.2, 0.25) is 0 Å². The lowest BCUT2D eigenvalue weighted by Gasteiger charge is -2.43. The van der Waals surface area contributed by atoms with Crippen molar-refractivity contribution < 1.29 is 28.5 Å². The molecule has 1 atom stereocenters. The lowest BCUT2D eigenvalue weighted by molar-refractivity contribution is -0.935. The normalized spacial score (nSPS) is 19.6. The molecule has 1 aliphatic heterocycles. The zero-order valence-corrected chi connectivity index (χ0v) is 16.6. The smallest absolute Gasteiger partial charge is 0.0812 e. The van der Waals surface area contributed by atoms with Crippen molar-refractivity contribution in [2.45, 2.75) is 79.1 Å². The number of unbranched alkanes of at least 4 members (excludes halogenated alkanes) is 1. The molecule has 1 saturated heterocycles. The highest BCUT2D eigenvalue weighted by molar-refractivity contribution is 4.60. The van der Waals surface area contributed by atoms with E-state index in [0.717, 1.165) is 11.8 Å². The van der Waals surface area contributed by atoms with E-state index in [4.69, 9.17) is 0 Å². The molecular formula is C18H38IN. The zero-order valence-electron chi connectivity index (χ0n) is 14.5. The molecule has 1 aliphatic rings. The molecule has 1 rings (SSSR count). The van der Waals surface area contributed by atoms with E-state index in [1.807, 2.05) is 0 Å². The number of likely N-dealkylation sites (tertiary alicyclic amines) is 1. The molecule has 0 bridgehead atoms. The fourth-order valence-corrected chi connectivity index (χ4v) is 3.95. The van der Waals surface area contributed by atoms with Crippen LogP contribution < -0.4 is 24.0 Å². The number of hydrogen-bond acceptors (Lipinski definition) is 0. The second-order valence-electron chi connectivity index (χ2n) is 7.54. The molecule has 20 heavy (non-hydrogen) atoms. The third-order valence-electron chi connectivity index (χ3n) is 4.89. The van der Waals surface area contributed by atoms with Gasteiger partial charge in [0.15, 0.2) is 0 Å². The van der Waals surface area contributed by atoms with E-state index in [-0.39, 0.29) is 24.0 Å². The van der Waals surface area contributed by atoms with Crippen LogP contribution in [0.4, 0.5) is 0 Å². The van der Waals surface area contributed by atoms with Gasteiger partial charge < -0.3 is 28.5 Å². The van der Waals surface area contributed by atoms with Gasteiger partial charge in [-0.05, 0) is 38.0 Å². The fourth-order valence-electron chi connectivity index (χ4n) is 3.95. The average molecular weight is 395 g/mol. The number of quaternary nitrogens is 1. The highest BCUT2D eigenvalue weighted by Gasteiger charge is 2.30. The molecule has 1 heterocycles. The van der Waals surface area contributed by atoms with Crippen LogP contribution in [-0.4, -0.2) is 30.7 Å². The van der Waals surface area contributed by atoms with Crippen molar-refractivity contribution in [1.29, 1.82) is 0 Å². The molecule has 0 saturated carbocycles. The first-order valence-electron chi connectivity index (χ1n) is 8.93. The lowest BCUT2D eigenvalue weighted by Crippen LogP contribution is -3.00. The third-order valence-corrected chi connectivity index (χ3v) is 4.89. The maximum atomic E-state index is 2.50. The molecule has 2 heteroatoms. The third kappa shape index (κ3) is 8.21. The molecule has 0 amide bonds. The average Bonchev–Trinajstić information content (AvgIpc) is 2.36. The minimum atomic E-state index is 0. The van der Waals surface area contributed by atoms with E-state index in [9.17, 15) is 0 Å². The number of hydrogen-bond donors (Lipinski definition) is 0. The van der Waals surface area contributed by atoms with Crippen molar-refractivity contribution in [3.8, 4) is 0 Å². The summed E-state index contributed by atoms with van der Waals surface area (Å²) in [6.45, 7) is 15.4. The molecular weight excluding hydrogens is 357 g/mol. The second-order valence-corrected chi connectivity index (χ2v) is 7.54. The largest absolute Gasteiger partial charge is 1.00 e. The van der Waals surface area contributed by atoms with Crippen molar-refractivity contribution in [2.24, 2.45) is 11.8 Å². The summed E-state index contributed by atoms with van der Waals surface area (Å²) in [5.74, 6) is 1.81. The summed E-state index contributed by atoms with van der Waals surface area (Å²) in [6.07, 6.45) is 11.5. The van der Waals surface area contributed by atoms with Crippen LogP contribution in [0.1, 0.15) is 79.1 Å². The minimum Gasteiger partial charge on any atom is -1.00 e. The van der Waals surface area contributed by atoms with Crippen molar-refractivity contribution in [3.63, 3.8) is 0 Å². The summed E-state index contributed by atoms with van der Waals surface area (Å²) < 4.78 is 1.45.